The normalized spacial score (nSPS) is 15.7. The third-order valence-corrected chi connectivity index (χ3v) is 6.68. The number of hydrogen-bond acceptors (Lipinski definition) is 7. The fourth-order valence-electron chi connectivity index (χ4n) is 3.82. The van der Waals surface area contributed by atoms with Gasteiger partial charge in [0.25, 0.3) is 5.89 Å². The van der Waals surface area contributed by atoms with Crippen molar-refractivity contribution in [3.8, 4) is 23.0 Å². The van der Waals surface area contributed by atoms with E-state index in [1.807, 2.05) is 35.9 Å². The molecule has 5 rings (SSSR count). The molecule has 0 bridgehead atoms. The zero-order valence-corrected chi connectivity index (χ0v) is 19.2. The molecule has 0 radical (unpaired) electrons. The molecule has 0 N–H and O–H groups in total. The Morgan fingerprint density at radius 1 is 1.12 bits per heavy atom. The van der Waals surface area contributed by atoms with E-state index < -0.39 is 0 Å². The molecule has 4 aromatic rings. The maximum absolute atomic E-state index is 5.87. The highest BCUT2D eigenvalue weighted by atomic mass is 35.5. The quantitative estimate of drug-likeness (QED) is 0.331. The van der Waals surface area contributed by atoms with E-state index in [2.05, 4.69) is 32.4 Å². The van der Waals surface area contributed by atoms with Gasteiger partial charge >= 0.3 is 0 Å². The molecule has 9 heteroatoms. The molecule has 0 spiro atoms. The van der Waals surface area contributed by atoms with Crippen molar-refractivity contribution in [3.63, 3.8) is 0 Å². The fourth-order valence-corrected chi connectivity index (χ4v) is 4.26. The number of hydrogen-bond donors (Lipinski definition) is 1. The van der Waals surface area contributed by atoms with Crippen molar-refractivity contribution < 1.29 is 9.26 Å². The average molecular weight is 468 g/mol. The van der Waals surface area contributed by atoms with Crippen LogP contribution in [-0.4, -0.2) is 38.1 Å². The lowest BCUT2D eigenvalue weighted by Gasteiger charge is -2.33. The first kappa shape index (κ1) is 21.2. The number of aryl methyl sites for hydroxylation is 1. The number of aromatic nitrogens is 5. The molecule has 0 aliphatic carbocycles. The van der Waals surface area contributed by atoms with Crippen LogP contribution in [0.5, 0.6) is 0 Å². The van der Waals surface area contributed by atoms with Crippen LogP contribution in [0.3, 0.4) is 0 Å². The second-order valence-electron chi connectivity index (χ2n) is 7.96. The number of thiol groups is 1. The summed E-state index contributed by atoms with van der Waals surface area (Å²) in [5.41, 5.74) is 4.69. The molecule has 1 saturated heterocycles. The van der Waals surface area contributed by atoms with Gasteiger partial charge in [-0.15, -0.1) is 0 Å². The van der Waals surface area contributed by atoms with Gasteiger partial charge in [-0.3, -0.25) is 4.68 Å². The van der Waals surface area contributed by atoms with Gasteiger partial charge in [-0.25, -0.2) is 4.98 Å². The molecule has 3 aromatic heterocycles. The van der Waals surface area contributed by atoms with E-state index in [-0.39, 0.29) is 4.75 Å². The van der Waals surface area contributed by atoms with Crippen LogP contribution in [0.15, 0.2) is 53.2 Å². The Labute approximate surface area is 196 Å². The number of halogens is 1. The Bertz CT molecular complexity index is 1210. The molecule has 1 aliphatic heterocycles. The molecule has 1 aliphatic rings. The maximum atomic E-state index is 5.87. The Balaban J connectivity index is 1.34. The maximum Gasteiger partial charge on any atom is 0.278 e. The molecular formula is C23H22ClN5O2S. The smallest absolute Gasteiger partial charge is 0.278 e. The van der Waals surface area contributed by atoms with Crippen LogP contribution in [0.2, 0.25) is 5.15 Å². The van der Waals surface area contributed by atoms with Crippen LogP contribution in [0, 0.1) is 6.92 Å². The highest BCUT2D eigenvalue weighted by Gasteiger charge is 2.30. The molecule has 7 nitrogen and oxygen atoms in total. The SMILES string of the molecule is Cc1cc(-c2nc(-c3ccc(C4(S)CCOCC4)cc3)no2)nn1Cc1ccc(Cl)nc1. The van der Waals surface area contributed by atoms with Crippen molar-refractivity contribution in [1.29, 1.82) is 0 Å². The Kier molecular flexibility index (Phi) is 5.75. The lowest BCUT2D eigenvalue weighted by molar-refractivity contribution is 0.0774. The first-order chi connectivity index (χ1) is 15.5. The molecule has 1 aromatic carbocycles. The summed E-state index contributed by atoms with van der Waals surface area (Å²) in [5.74, 6) is 0.913. The van der Waals surface area contributed by atoms with Crippen LogP contribution >= 0.6 is 24.2 Å². The second kappa shape index (κ2) is 8.69. The summed E-state index contributed by atoms with van der Waals surface area (Å²) in [6.07, 6.45) is 3.54. The van der Waals surface area contributed by atoms with E-state index in [9.17, 15) is 0 Å². The summed E-state index contributed by atoms with van der Waals surface area (Å²) >= 11 is 10.8. The number of benzene rings is 1. The zero-order chi connectivity index (χ0) is 22.1. The number of ether oxygens (including phenoxy) is 1. The first-order valence-electron chi connectivity index (χ1n) is 10.4. The van der Waals surface area contributed by atoms with Gasteiger partial charge in [0.1, 0.15) is 5.15 Å². The minimum Gasteiger partial charge on any atom is -0.381 e. The number of rotatable bonds is 5. The van der Waals surface area contributed by atoms with Crippen LogP contribution in [0.1, 0.15) is 29.7 Å². The minimum absolute atomic E-state index is 0.150. The van der Waals surface area contributed by atoms with E-state index in [0.29, 0.717) is 29.1 Å². The molecule has 32 heavy (non-hydrogen) atoms. The third kappa shape index (κ3) is 4.30. The molecule has 0 unspecified atom stereocenters. The number of pyridine rings is 1. The van der Waals surface area contributed by atoms with Crippen LogP contribution in [-0.2, 0) is 16.0 Å². The molecule has 164 valence electrons. The molecule has 0 amide bonds. The van der Waals surface area contributed by atoms with Gasteiger partial charge in [0.15, 0.2) is 5.69 Å². The van der Waals surface area contributed by atoms with Gasteiger partial charge in [-0.1, -0.05) is 47.1 Å². The van der Waals surface area contributed by atoms with E-state index in [1.54, 1.807) is 12.3 Å². The number of nitrogens with zero attached hydrogens (tertiary/aromatic N) is 5. The van der Waals surface area contributed by atoms with Gasteiger partial charge < -0.3 is 9.26 Å². The van der Waals surface area contributed by atoms with Crippen molar-refractivity contribution in [2.75, 3.05) is 13.2 Å². The van der Waals surface area contributed by atoms with Crippen molar-refractivity contribution in [2.45, 2.75) is 31.1 Å². The van der Waals surface area contributed by atoms with E-state index in [1.165, 1.54) is 5.56 Å². The van der Waals surface area contributed by atoms with Gasteiger partial charge in [0.2, 0.25) is 5.82 Å². The Hall–Kier alpha value is -2.68. The van der Waals surface area contributed by atoms with E-state index in [0.717, 1.165) is 42.9 Å². The summed E-state index contributed by atoms with van der Waals surface area (Å²) in [7, 11) is 0. The van der Waals surface area contributed by atoms with Crippen LogP contribution in [0.4, 0.5) is 0 Å². The predicted molar refractivity (Wildman–Crippen MR) is 125 cm³/mol. The summed E-state index contributed by atoms with van der Waals surface area (Å²) in [5, 5.41) is 9.25. The second-order valence-corrected chi connectivity index (χ2v) is 9.21. The fraction of sp³-hybridized carbons (Fsp3) is 0.304. The largest absolute Gasteiger partial charge is 0.381 e. The van der Waals surface area contributed by atoms with Crippen LogP contribution in [0.25, 0.3) is 23.0 Å². The average Bonchev–Trinajstić information content (AvgIpc) is 3.43. The molecule has 4 heterocycles. The monoisotopic (exact) mass is 467 g/mol. The lowest BCUT2D eigenvalue weighted by Crippen LogP contribution is -2.28. The minimum atomic E-state index is -0.150. The summed E-state index contributed by atoms with van der Waals surface area (Å²) < 4.78 is 12.7. The van der Waals surface area contributed by atoms with Crippen LogP contribution < -0.4 is 0 Å². The molecule has 0 atom stereocenters. The first-order valence-corrected chi connectivity index (χ1v) is 11.2. The Morgan fingerprint density at radius 3 is 2.62 bits per heavy atom. The van der Waals surface area contributed by atoms with Gasteiger partial charge in [-0.2, -0.15) is 22.7 Å². The molecular weight excluding hydrogens is 446 g/mol. The summed E-state index contributed by atoms with van der Waals surface area (Å²) in [6.45, 7) is 4.04. The standard InChI is InChI=1S/C23H22ClN5O2S/c1-15-12-19(27-29(15)14-16-2-7-20(24)25-13-16)22-26-21(28-31-22)17-3-5-18(6-4-17)23(32)8-10-30-11-9-23/h2-7,12-13,32H,8-11,14H2,1H3. The Morgan fingerprint density at radius 2 is 1.91 bits per heavy atom. The van der Waals surface area contributed by atoms with Gasteiger partial charge in [0.05, 0.1) is 6.54 Å². The topological polar surface area (TPSA) is 78.9 Å². The highest BCUT2D eigenvalue weighted by Crippen LogP contribution is 2.39. The highest BCUT2D eigenvalue weighted by molar-refractivity contribution is 7.81. The van der Waals surface area contributed by atoms with Crippen molar-refractivity contribution in [2.24, 2.45) is 0 Å². The van der Waals surface area contributed by atoms with E-state index in [4.69, 9.17) is 33.5 Å². The summed E-state index contributed by atoms with van der Waals surface area (Å²) in [4.78, 5) is 8.68. The zero-order valence-electron chi connectivity index (χ0n) is 17.5. The van der Waals surface area contributed by atoms with Crippen molar-refractivity contribution >= 4 is 24.2 Å². The lowest BCUT2D eigenvalue weighted by atomic mass is 9.90. The molecule has 0 saturated carbocycles. The van der Waals surface area contributed by atoms with Gasteiger partial charge in [0, 0.05) is 35.4 Å². The van der Waals surface area contributed by atoms with Gasteiger partial charge in [-0.05, 0) is 43.0 Å². The third-order valence-electron chi connectivity index (χ3n) is 5.75. The molecule has 1 fully saturated rings. The predicted octanol–water partition coefficient (Wildman–Crippen LogP) is 4.94. The van der Waals surface area contributed by atoms with E-state index >= 15 is 0 Å². The van der Waals surface area contributed by atoms with Crippen molar-refractivity contribution in [1.82, 2.24) is 24.9 Å². The summed E-state index contributed by atoms with van der Waals surface area (Å²) in [6, 6.07) is 13.8. The van der Waals surface area contributed by atoms with Crippen molar-refractivity contribution in [3.05, 3.63) is 70.6 Å².